The third-order valence-electron chi connectivity index (χ3n) is 6.14. The zero-order valence-corrected chi connectivity index (χ0v) is 18.4. The van der Waals surface area contributed by atoms with Crippen molar-refractivity contribution in [2.45, 2.75) is 45.7 Å². The van der Waals surface area contributed by atoms with E-state index >= 15 is 0 Å². The molecule has 6 nitrogen and oxygen atoms in total. The van der Waals surface area contributed by atoms with Gasteiger partial charge < -0.3 is 9.80 Å². The van der Waals surface area contributed by atoms with Crippen LogP contribution in [0.25, 0.3) is 10.9 Å². The minimum absolute atomic E-state index is 0.0182. The van der Waals surface area contributed by atoms with Gasteiger partial charge in [0.05, 0.1) is 17.2 Å². The zero-order chi connectivity index (χ0) is 21.8. The Morgan fingerprint density at radius 2 is 1.84 bits per heavy atom. The summed E-state index contributed by atoms with van der Waals surface area (Å²) in [5, 5.41) is 0.596. The van der Waals surface area contributed by atoms with Gasteiger partial charge in [0, 0.05) is 45.3 Å². The molecule has 1 aliphatic rings. The molecule has 1 aromatic heterocycles. The van der Waals surface area contributed by atoms with Gasteiger partial charge in [0.15, 0.2) is 0 Å². The minimum Gasteiger partial charge on any atom is -0.371 e. The fourth-order valence-electron chi connectivity index (χ4n) is 4.34. The number of aromatic nitrogens is 2. The maximum absolute atomic E-state index is 12.8. The second kappa shape index (κ2) is 9.33. The van der Waals surface area contributed by atoms with E-state index in [2.05, 4.69) is 28.1 Å². The van der Waals surface area contributed by atoms with Crippen molar-refractivity contribution >= 4 is 22.5 Å². The quantitative estimate of drug-likeness (QED) is 0.612. The van der Waals surface area contributed by atoms with Crippen molar-refractivity contribution < 1.29 is 4.79 Å². The maximum atomic E-state index is 12.8. The second-order valence-corrected chi connectivity index (χ2v) is 8.39. The molecule has 0 unspecified atom stereocenters. The van der Waals surface area contributed by atoms with E-state index in [1.807, 2.05) is 32.2 Å². The second-order valence-electron chi connectivity index (χ2n) is 8.39. The third-order valence-corrected chi connectivity index (χ3v) is 6.14. The molecular formula is C25H30N4O2. The van der Waals surface area contributed by atoms with E-state index in [0.717, 1.165) is 24.2 Å². The normalized spacial score (nSPS) is 14.1. The van der Waals surface area contributed by atoms with Crippen LogP contribution in [0.2, 0.25) is 0 Å². The highest BCUT2D eigenvalue weighted by Crippen LogP contribution is 2.25. The summed E-state index contributed by atoms with van der Waals surface area (Å²) in [6.07, 6.45) is 5.55. The highest BCUT2D eigenvalue weighted by molar-refractivity contribution is 5.80. The van der Waals surface area contributed by atoms with Gasteiger partial charge in [-0.3, -0.25) is 14.2 Å². The number of carbonyl (C=O) groups is 1. The lowest BCUT2D eigenvalue weighted by atomic mass is 10.1. The molecule has 1 fully saturated rings. The van der Waals surface area contributed by atoms with E-state index in [0.29, 0.717) is 18.5 Å². The van der Waals surface area contributed by atoms with Crippen molar-refractivity contribution in [2.75, 3.05) is 25.0 Å². The molecule has 0 radical (unpaired) electrons. The third kappa shape index (κ3) is 4.63. The van der Waals surface area contributed by atoms with E-state index in [4.69, 9.17) is 0 Å². The summed E-state index contributed by atoms with van der Waals surface area (Å²) in [7, 11) is 1.83. The minimum atomic E-state index is -0.0976. The maximum Gasteiger partial charge on any atom is 0.261 e. The lowest BCUT2D eigenvalue weighted by molar-refractivity contribution is -0.130. The molecule has 0 atom stereocenters. The number of nitrogens with zero attached hydrogens (tertiary/aromatic N) is 4. The topological polar surface area (TPSA) is 58.4 Å². The first-order valence-electron chi connectivity index (χ1n) is 11.1. The fourth-order valence-corrected chi connectivity index (χ4v) is 4.34. The molecule has 2 heterocycles. The molecule has 2 aromatic carbocycles. The van der Waals surface area contributed by atoms with Gasteiger partial charge in [-0.15, -0.1) is 0 Å². The Hall–Kier alpha value is -3.15. The molecule has 0 bridgehead atoms. The van der Waals surface area contributed by atoms with E-state index < -0.39 is 0 Å². The van der Waals surface area contributed by atoms with E-state index in [1.54, 1.807) is 17.3 Å². The number of piperidine rings is 1. The first-order valence-corrected chi connectivity index (χ1v) is 11.1. The van der Waals surface area contributed by atoms with Crippen molar-refractivity contribution in [1.29, 1.82) is 0 Å². The molecular weight excluding hydrogens is 388 g/mol. The first-order chi connectivity index (χ1) is 15.0. The SMILES string of the molecule is Cc1cccc2c(=O)n(CCC(=O)N(C)Cc3ccccc3N3CCCCC3)cnc12. The zero-order valence-electron chi connectivity index (χ0n) is 18.4. The van der Waals surface area contributed by atoms with Gasteiger partial charge in [0.25, 0.3) is 5.56 Å². The van der Waals surface area contributed by atoms with Gasteiger partial charge in [-0.2, -0.15) is 0 Å². The van der Waals surface area contributed by atoms with Gasteiger partial charge in [0.1, 0.15) is 0 Å². The van der Waals surface area contributed by atoms with E-state index in [1.165, 1.54) is 35.1 Å². The van der Waals surface area contributed by atoms with Crippen LogP contribution in [0.5, 0.6) is 0 Å². The molecule has 1 saturated heterocycles. The molecule has 6 heteroatoms. The van der Waals surface area contributed by atoms with Crippen LogP contribution in [0.3, 0.4) is 0 Å². The van der Waals surface area contributed by atoms with Crippen LogP contribution < -0.4 is 10.5 Å². The number of anilines is 1. The Kier molecular flexibility index (Phi) is 6.35. The molecule has 31 heavy (non-hydrogen) atoms. The monoisotopic (exact) mass is 418 g/mol. The standard InChI is InChI=1S/C25H30N4O2/c1-19-9-8-11-21-24(19)26-18-29(25(21)31)16-13-23(30)27(2)17-20-10-4-5-12-22(20)28-14-6-3-7-15-28/h4-5,8-12,18H,3,6-7,13-17H2,1-2H3. The Bertz CT molecular complexity index is 1130. The number of hydrogen-bond acceptors (Lipinski definition) is 4. The van der Waals surface area contributed by atoms with Gasteiger partial charge in [-0.25, -0.2) is 4.98 Å². The average molecular weight is 419 g/mol. The predicted molar refractivity (Wildman–Crippen MR) is 124 cm³/mol. The molecule has 0 aliphatic carbocycles. The molecule has 0 saturated carbocycles. The summed E-state index contributed by atoms with van der Waals surface area (Å²) < 4.78 is 1.54. The largest absolute Gasteiger partial charge is 0.371 e. The number of aryl methyl sites for hydroxylation is 2. The molecule has 1 amide bonds. The Balaban J connectivity index is 1.43. The summed E-state index contributed by atoms with van der Waals surface area (Å²) >= 11 is 0. The van der Waals surface area contributed by atoms with E-state index in [9.17, 15) is 9.59 Å². The van der Waals surface area contributed by atoms with Gasteiger partial charge in [-0.1, -0.05) is 30.3 Å². The van der Waals surface area contributed by atoms with Crippen molar-refractivity contribution in [2.24, 2.45) is 0 Å². The summed E-state index contributed by atoms with van der Waals surface area (Å²) in [5.41, 5.74) is 4.00. The lowest BCUT2D eigenvalue weighted by Crippen LogP contribution is -2.32. The van der Waals surface area contributed by atoms with E-state index in [-0.39, 0.29) is 17.9 Å². The molecule has 3 aromatic rings. The molecule has 0 spiro atoms. The Labute approximate surface area is 183 Å². The van der Waals surface area contributed by atoms with Crippen molar-refractivity contribution in [3.05, 3.63) is 70.3 Å². The smallest absolute Gasteiger partial charge is 0.261 e. The Morgan fingerprint density at radius 3 is 2.65 bits per heavy atom. The molecule has 0 N–H and O–H groups in total. The van der Waals surface area contributed by atoms with Crippen LogP contribution in [-0.4, -0.2) is 40.5 Å². The lowest BCUT2D eigenvalue weighted by Gasteiger charge is -2.31. The average Bonchev–Trinajstić information content (AvgIpc) is 2.80. The van der Waals surface area contributed by atoms with Crippen molar-refractivity contribution in [1.82, 2.24) is 14.5 Å². The predicted octanol–water partition coefficient (Wildman–Crippen LogP) is 3.74. The van der Waals surface area contributed by atoms with Crippen molar-refractivity contribution in [3.63, 3.8) is 0 Å². The van der Waals surface area contributed by atoms with Gasteiger partial charge in [-0.05, 0) is 49.4 Å². The van der Waals surface area contributed by atoms with Crippen LogP contribution in [0, 0.1) is 6.92 Å². The fraction of sp³-hybridized carbons (Fsp3) is 0.400. The van der Waals surface area contributed by atoms with Crippen molar-refractivity contribution in [3.8, 4) is 0 Å². The number of hydrogen-bond donors (Lipinski definition) is 0. The van der Waals surface area contributed by atoms with Crippen LogP contribution >= 0.6 is 0 Å². The molecule has 162 valence electrons. The van der Waals surface area contributed by atoms with Gasteiger partial charge >= 0.3 is 0 Å². The molecule has 4 rings (SSSR count). The molecule has 1 aliphatic heterocycles. The van der Waals surface area contributed by atoms with Crippen LogP contribution in [0.1, 0.15) is 36.8 Å². The van der Waals surface area contributed by atoms with Crippen LogP contribution in [0.15, 0.2) is 53.6 Å². The van der Waals surface area contributed by atoms with Crippen LogP contribution in [0.4, 0.5) is 5.69 Å². The summed E-state index contributed by atoms with van der Waals surface area (Å²) in [4.78, 5) is 34.2. The van der Waals surface area contributed by atoms with Crippen LogP contribution in [-0.2, 0) is 17.9 Å². The number of amides is 1. The number of carbonyl (C=O) groups excluding carboxylic acids is 1. The van der Waals surface area contributed by atoms with Gasteiger partial charge in [0.2, 0.25) is 5.91 Å². The number of para-hydroxylation sites is 2. The summed E-state index contributed by atoms with van der Waals surface area (Å²) in [6, 6.07) is 14.0. The number of rotatable bonds is 6. The number of benzene rings is 2. The summed E-state index contributed by atoms with van der Waals surface area (Å²) in [6.45, 7) is 4.99. The highest BCUT2D eigenvalue weighted by Gasteiger charge is 2.17. The first kappa shape index (κ1) is 21.1. The summed E-state index contributed by atoms with van der Waals surface area (Å²) in [5.74, 6) is 0.0182. The number of fused-ring (bicyclic) bond motifs is 1. The Morgan fingerprint density at radius 1 is 1.06 bits per heavy atom. The highest BCUT2D eigenvalue weighted by atomic mass is 16.2.